The first-order valence-corrected chi connectivity index (χ1v) is 8.77. The molecule has 0 fully saturated rings. The van der Waals surface area contributed by atoms with Crippen molar-refractivity contribution >= 4 is 23.5 Å². The minimum absolute atomic E-state index is 0.192. The number of rotatable bonds is 7. The molecule has 7 nitrogen and oxygen atoms in total. The van der Waals surface area contributed by atoms with E-state index in [4.69, 9.17) is 4.74 Å². The fourth-order valence-corrected chi connectivity index (χ4v) is 2.60. The van der Waals surface area contributed by atoms with Crippen molar-refractivity contribution in [2.45, 2.75) is 6.42 Å². The van der Waals surface area contributed by atoms with Crippen molar-refractivity contribution < 1.29 is 14.3 Å². The first-order valence-electron chi connectivity index (χ1n) is 8.77. The number of esters is 1. The molecule has 0 aliphatic carbocycles. The van der Waals surface area contributed by atoms with Crippen molar-refractivity contribution in [3.63, 3.8) is 0 Å². The Labute approximate surface area is 162 Å². The van der Waals surface area contributed by atoms with E-state index in [0.717, 1.165) is 6.42 Å². The molecule has 142 valence electrons. The Hall–Kier alpha value is -3.74. The molecule has 7 heteroatoms. The topological polar surface area (TPSA) is 93.2 Å². The van der Waals surface area contributed by atoms with Gasteiger partial charge in [-0.05, 0) is 30.2 Å². The van der Waals surface area contributed by atoms with Gasteiger partial charge in [0.1, 0.15) is 5.69 Å². The van der Waals surface area contributed by atoms with Gasteiger partial charge in [-0.3, -0.25) is 4.79 Å². The fraction of sp³-hybridized carbons (Fsp3) is 0.143. The van der Waals surface area contributed by atoms with Gasteiger partial charge in [0.05, 0.1) is 18.4 Å². The van der Waals surface area contributed by atoms with Crippen LogP contribution in [0.4, 0.5) is 11.6 Å². The van der Waals surface area contributed by atoms with Crippen LogP contribution in [0.3, 0.4) is 0 Å². The third kappa shape index (κ3) is 4.91. The van der Waals surface area contributed by atoms with Crippen molar-refractivity contribution in [2.75, 3.05) is 24.3 Å². The summed E-state index contributed by atoms with van der Waals surface area (Å²) in [7, 11) is 1.29. The van der Waals surface area contributed by atoms with Gasteiger partial charge >= 0.3 is 5.97 Å². The van der Waals surface area contributed by atoms with Crippen LogP contribution in [-0.4, -0.2) is 35.5 Å². The number of nitrogens with zero attached hydrogens (tertiary/aromatic N) is 2. The number of ether oxygens (including phenoxy) is 1. The summed E-state index contributed by atoms with van der Waals surface area (Å²) < 4.78 is 4.74. The summed E-state index contributed by atoms with van der Waals surface area (Å²) in [5.74, 6) is -0.600. The number of amides is 1. The molecule has 0 bridgehead atoms. The number of nitrogens with one attached hydrogen (secondary N) is 2. The summed E-state index contributed by atoms with van der Waals surface area (Å²) in [4.78, 5) is 32.8. The van der Waals surface area contributed by atoms with Crippen LogP contribution in [0.25, 0.3) is 0 Å². The highest BCUT2D eigenvalue weighted by atomic mass is 16.5. The predicted molar refractivity (Wildman–Crippen MR) is 106 cm³/mol. The summed E-state index contributed by atoms with van der Waals surface area (Å²) in [5, 5.41) is 5.81. The normalized spacial score (nSPS) is 10.2. The Morgan fingerprint density at radius 3 is 2.54 bits per heavy atom. The van der Waals surface area contributed by atoms with E-state index >= 15 is 0 Å². The maximum Gasteiger partial charge on any atom is 0.339 e. The Morgan fingerprint density at radius 1 is 1.00 bits per heavy atom. The van der Waals surface area contributed by atoms with Crippen LogP contribution in [0.2, 0.25) is 0 Å². The van der Waals surface area contributed by atoms with E-state index in [-0.39, 0.29) is 11.3 Å². The highest BCUT2D eigenvalue weighted by Crippen LogP contribution is 2.17. The monoisotopic (exact) mass is 376 g/mol. The van der Waals surface area contributed by atoms with Crippen molar-refractivity contribution in [1.82, 2.24) is 9.97 Å². The number of anilines is 2. The molecule has 28 heavy (non-hydrogen) atoms. The molecule has 0 saturated carbocycles. The number of carbonyl (C=O) groups is 2. The number of methoxy groups -OCH3 is 1. The average Bonchev–Trinajstić information content (AvgIpc) is 2.74. The third-order valence-electron chi connectivity index (χ3n) is 4.01. The van der Waals surface area contributed by atoms with Crippen LogP contribution >= 0.6 is 0 Å². The molecular weight excluding hydrogens is 356 g/mol. The Morgan fingerprint density at radius 2 is 1.75 bits per heavy atom. The molecule has 2 aromatic carbocycles. The Bertz CT molecular complexity index is 961. The van der Waals surface area contributed by atoms with E-state index in [0.29, 0.717) is 18.2 Å². The van der Waals surface area contributed by atoms with Crippen molar-refractivity contribution in [3.8, 4) is 0 Å². The number of hydrogen-bond acceptors (Lipinski definition) is 6. The van der Waals surface area contributed by atoms with E-state index in [1.165, 1.54) is 24.9 Å². The van der Waals surface area contributed by atoms with Gasteiger partial charge in [0, 0.05) is 12.7 Å². The van der Waals surface area contributed by atoms with Crippen LogP contribution in [0.1, 0.15) is 26.4 Å². The summed E-state index contributed by atoms with van der Waals surface area (Å²) in [5.41, 5.74) is 2.02. The maximum atomic E-state index is 12.5. The lowest BCUT2D eigenvalue weighted by atomic mass is 10.1. The summed E-state index contributed by atoms with van der Waals surface area (Å²) in [6.07, 6.45) is 2.33. The van der Waals surface area contributed by atoms with Gasteiger partial charge in [0.15, 0.2) is 0 Å². The smallest absolute Gasteiger partial charge is 0.339 e. The molecule has 0 unspecified atom stereocenters. The first-order chi connectivity index (χ1) is 13.7. The van der Waals surface area contributed by atoms with Crippen molar-refractivity contribution in [3.05, 3.63) is 83.7 Å². The minimum atomic E-state index is -0.526. The molecule has 3 rings (SSSR count). The third-order valence-corrected chi connectivity index (χ3v) is 4.01. The molecule has 0 aliphatic rings. The zero-order valence-corrected chi connectivity index (χ0v) is 15.4. The highest BCUT2D eigenvalue weighted by molar-refractivity contribution is 6.07. The number of para-hydroxylation sites is 1. The number of carbonyl (C=O) groups excluding carboxylic acids is 2. The van der Waals surface area contributed by atoms with E-state index < -0.39 is 11.9 Å². The molecule has 0 saturated heterocycles. The van der Waals surface area contributed by atoms with Crippen LogP contribution in [-0.2, 0) is 11.2 Å². The van der Waals surface area contributed by atoms with Crippen molar-refractivity contribution in [2.24, 2.45) is 0 Å². The van der Waals surface area contributed by atoms with Crippen LogP contribution in [0.15, 0.2) is 66.9 Å². The van der Waals surface area contributed by atoms with Gasteiger partial charge in [-0.1, -0.05) is 42.5 Å². The number of benzene rings is 2. The SMILES string of the molecule is COC(=O)c1ccccc1NC(=O)c1ccnc(NCCc2ccccc2)n1. The van der Waals surface area contributed by atoms with Gasteiger partial charge in [-0.25, -0.2) is 14.8 Å². The Balaban J connectivity index is 1.65. The lowest BCUT2D eigenvalue weighted by molar-refractivity contribution is 0.0602. The second-order valence-corrected chi connectivity index (χ2v) is 5.92. The second-order valence-electron chi connectivity index (χ2n) is 5.92. The molecular formula is C21H20N4O3. The quantitative estimate of drug-likeness (QED) is 0.615. The molecule has 1 amide bonds. The lowest BCUT2D eigenvalue weighted by Gasteiger charge is -2.10. The van der Waals surface area contributed by atoms with Crippen molar-refractivity contribution in [1.29, 1.82) is 0 Å². The standard InChI is InChI=1S/C21H20N4O3/c1-28-20(27)16-9-5-6-10-17(16)24-19(26)18-12-14-23-21(25-18)22-13-11-15-7-3-2-4-8-15/h2-10,12,14H,11,13H2,1H3,(H,24,26)(H,22,23,25). The molecule has 1 heterocycles. The molecule has 0 spiro atoms. The Kier molecular flexibility index (Phi) is 6.30. The zero-order valence-electron chi connectivity index (χ0n) is 15.4. The number of aromatic nitrogens is 2. The van der Waals surface area contributed by atoms with E-state index in [9.17, 15) is 9.59 Å². The van der Waals surface area contributed by atoms with Gasteiger partial charge in [-0.2, -0.15) is 0 Å². The van der Waals surface area contributed by atoms with E-state index in [1.54, 1.807) is 24.3 Å². The van der Waals surface area contributed by atoms with E-state index in [2.05, 4.69) is 20.6 Å². The second kappa shape index (κ2) is 9.27. The molecule has 0 radical (unpaired) electrons. The van der Waals surface area contributed by atoms with Crippen LogP contribution in [0.5, 0.6) is 0 Å². The summed E-state index contributed by atoms with van der Waals surface area (Å²) in [6, 6.07) is 18.2. The van der Waals surface area contributed by atoms with Crippen LogP contribution in [0, 0.1) is 0 Å². The van der Waals surface area contributed by atoms with E-state index in [1.807, 2.05) is 30.3 Å². The highest BCUT2D eigenvalue weighted by Gasteiger charge is 2.15. The average molecular weight is 376 g/mol. The molecule has 2 N–H and O–H groups in total. The largest absolute Gasteiger partial charge is 0.465 e. The molecule has 3 aromatic rings. The van der Waals surface area contributed by atoms with Gasteiger partial charge in [-0.15, -0.1) is 0 Å². The zero-order chi connectivity index (χ0) is 19.8. The molecule has 0 atom stereocenters. The van der Waals surface area contributed by atoms with Gasteiger partial charge < -0.3 is 15.4 Å². The lowest BCUT2D eigenvalue weighted by Crippen LogP contribution is -2.18. The van der Waals surface area contributed by atoms with Crippen LogP contribution < -0.4 is 10.6 Å². The minimum Gasteiger partial charge on any atom is -0.465 e. The molecule has 1 aromatic heterocycles. The van der Waals surface area contributed by atoms with Gasteiger partial charge in [0.25, 0.3) is 5.91 Å². The number of hydrogen-bond donors (Lipinski definition) is 2. The molecule has 0 aliphatic heterocycles. The van der Waals surface area contributed by atoms with Gasteiger partial charge in [0.2, 0.25) is 5.95 Å². The summed E-state index contributed by atoms with van der Waals surface area (Å²) >= 11 is 0. The fourth-order valence-electron chi connectivity index (χ4n) is 2.60. The first kappa shape index (κ1) is 19.0. The predicted octanol–water partition coefficient (Wildman–Crippen LogP) is 3.17. The maximum absolute atomic E-state index is 12.5. The summed E-state index contributed by atoms with van der Waals surface area (Å²) in [6.45, 7) is 0.639.